The second-order valence-electron chi connectivity index (χ2n) is 3.82. The Morgan fingerprint density at radius 1 is 1.29 bits per heavy atom. The number of halogens is 2. The van der Waals surface area contributed by atoms with Crippen LogP contribution in [0.5, 0.6) is 0 Å². The van der Waals surface area contributed by atoms with Gasteiger partial charge in [-0.2, -0.15) is 0 Å². The van der Waals surface area contributed by atoms with E-state index in [2.05, 4.69) is 10.3 Å². The molecule has 2 aromatic rings. The van der Waals surface area contributed by atoms with E-state index in [1.165, 1.54) is 12.1 Å². The maximum Gasteiger partial charge on any atom is 0.126 e. The van der Waals surface area contributed by atoms with Crippen LogP contribution in [0.4, 0.5) is 10.1 Å². The molecular weight excluding hydrogens is 239 g/mol. The molecule has 0 aliphatic carbocycles. The van der Waals surface area contributed by atoms with E-state index >= 15 is 0 Å². The van der Waals surface area contributed by atoms with Crippen LogP contribution in [-0.2, 0) is 6.54 Å². The topological polar surface area (TPSA) is 24.9 Å². The van der Waals surface area contributed by atoms with Crippen LogP contribution in [-0.4, -0.2) is 4.98 Å². The number of hydrogen-bond acceptors (Lipinski definition) is 2. The number of nitrogens with one attached hydrogen (secondary N) is 1. The standard InChI is InChI=1S/C13H12ClFN2/c1-9-2-3-10(7-16-9)8-17-13-5-11(14)4-12(15)6-13/h2-7,17H,8H2,1H3. The number of aryl methyl sites for hydroxylation is 1. The molecule has 0 atom stereocenters. The predicted molar refractivity (Wildman–Crippen MR) is 67.7 cm³/mol. The zero-order chi connectivity index (χ0) is 12.3. The summed E-state index contributed by atoms with van der Waals surface area (Å²) in [6, 6.07) is 8.30. The third kappa shape index (κ3) is 3.43. The van der Waals surface area contributed by atoms with Crippen LogP contribution in [0.1, 0.15) is 11.3 Å². The summed E-state index contributed by atoms with van der Waals surface area (Å²) in [6.07, 6.45) is 1.79. The van der Waals surface area contributed by atoms with Crippen molar-refractivity contribution in [2.75, 3.05) is 5.32 Å². The first-order valence-electron chi connectivity index (χ1n) is 5.25. The first-order chi connectivity index (χ1) is 8.13. The fourth-order valence-corrected chi connectivity index (χ4v) is 1.68. The van der Waals surface area contributed by atoms with Gasteiger partial charge in [0, 0.05) is 29.1 Å². The molecule has 17 heavy (non-hydrogen) atoms. The van der Waals surface area contributed by atoms with Crippen molar-refractivity contribution in [2.45, 2.75) is 13.5 Å². The lowest BCUT2D eigenvalue weighted by Gasteiger charge is -2.07. The molecule has 0 aliphatic rings. The van der Waals surface area contributed by atoms with Gasteiger partial charge in [-0.05, 0) is 36.8 Å². The van der Waals surface area contributed by atoms with Gasteiger partial charge >= 0.3 is 0 Å². The van der Waals surface area contributed by atoms with E-state index in [4.69, 9.17) is 11.6 Å². The Morgan fingerprint density at radius 2 is 2.12 bits per heavy atom. The van der Waals surface area contributed by atoms with Crippen LogP contribution in [0.25, 0.3) is 0 Å². The van der Waals surface area contributed by atoms with Crippen molar-refractivity contribution >= 4 is 17.3 Å². The molecule has 0 saturated heterocycles. The van der Waals surface area contributed by atoms with E-state index in [-0.39, 0.29) is 5.82 Å². The van der Waals surface area contributed by atoms with Crippen LogP contribution in [0.2, 0.25) is 5.02 Å². The molecule has 1 aromatic carbocycles. The summed E-state index contributed by atoms with van der Waals surface area (Å²) in [6.45, 7) is 2.52. The highest BCUT2D eigenvalue weighted by Crippen LogP contribution is 2.18. The van der Waals surface area contributed by atoms with Crippen LogP contribution in [0, 0.1) is 12.7 Å². The Hall–Kier alpha value is -1.61. The minimum absolute atomic E-state index is 0.345. The molecule has 0 saturated carbocycles. The molecule has 1 N–H and O–H groups in total. The summed E-state index contributed by atoms with van der Waals surface area (Å²) < 4.78 is 13.1. The fraction of sp³-hybridized carbons (Fsp3) is 0.154. The lowest BCUT2D eigenvalue weighted by molar-refractivity contribution is 0.628. The van der Waals surface area contributed by atoms with E-state index in [9.17, 15) is 4.39 Å². The number of hydrogen-bond donors (Lipinski definition) is 1. The first kappa shape index (κ1) is 11.9. The highest BCUT2D eigenvalue weighted by Gasteiger charge is 1.99. The van der Waals surface area contributed by atoms with Gasteiger partial charge in [0.25, 0.3) is 0 Å². The van der Waals surface area contributed by atoms with Gasteiger partial charge in [0.2, 0.25) is 0 Å². The molecule has 0 spiro atoms. The molecule has 1 heterocycles. The largest absolute Gasteiger partial charge is 0.381 e. The van der Waals surface area contributed by atoms with Gasteiger partial charge in [-0.1, -0.05) is 17.7 Å². The van der Waals surface area contributed by atoms with E-state index < -0.39 is 0 Å². The van der Waals surface area contributed by atoms with Crippen molar-refractivity contribution in [3.63, 3.8) is 0 Å². The summed E-state index contributed by atoms with van der Waals surface area (Å²) in [4.78, 5) is 4.19. The van der Waals surface area contributed by atoms with Crippen molar-refractivity contribution < 1.29 is 4.39 Å². The molecule has 2 nitrogen and oxygen atoms in total. The molecule has 0 bridgehead atoms. The number of pyridine rings is 1. The quantitative estimate of drug-likeness (QED) is 0.896. The van der Waals surface area contributed by atoms with Gasteiger partial charge in [0.05, 0.1) is 0 Å². The van der Waals surface area contributed by atoms with Crippen LogP contribution in [0.15, 0.2) is 36.5 Å². The van der Waals surface area contributed by atoms with Crippen molar-refractivity contribution in [3.8, 4) is 0 Å². The maximum absolute atomic E-state index is 13.1. The summed E-state index contributed by atoms with van der Waals surface area (Å²) in [5, 5.41) is 3.48. The second-order valence-corrected chi connectivity index (χ2v) is 4.26. The van der Waals surface area contributed by atoms with Gasteiger partial charge in [0.1, 0.15) is 5.82 Å². The minimum atomic E-state index is -0.345. The Labute approximate surface area is 104 Å². The van der Waals surface area contributed by atoms with Gasteiger partial charge < -0.3 is 5.32 Å². The summed E-state index contributed by atoms with van der Waals surface area (Å²) in [5.41, 5.74) is 2.68. The third-order valence-corrected chi connectivity index (χ3v) is 2.55. The molecule has 0 aliphatic heterocycles. The lowest BCUT2D eigenvalue weighted by atomic mass is 10.2. The van der Waals surface area contributed by atoms with Crippen LogP contribution < -0.4 is 5.32 Å². The number of rotatable bonds is 3. The average Bonchev–Trinajstić information content (AvgIpc) is 2.27. The monoisotopic (exact) mass is 250 g/mol. The van der Waals surface area contributed by atoms with Gasteiger partial charge in [-0.3, -0.25) is 4.98 Å². The summed E-state index contributed by atoms with van der Waals surface area (Å²) in [7, 11) is 0. The zero-order valence-corrected chi connectivity index (χ0v) is 10.1. The number of aromatic nitrogens is 1. The molecular formula is C13H12ClFN2. The van der Waals surface area contributed by atoms with Gasteiger partial charge in [-0.15, -0.1) is 0 Å². The Morgan fingerprint density at radius 3 is 2.76 bits per heavy atom. The van der Waals surface area contributed by atoms with Crippen molar-refractivity contribution in [1.29, 1.82) is 0 Å². The maximum atomic E-state index is 13.1. The Kier molecular flexibility index (Phi) is 3.59. The normalized spacial score (nSPS) is 10.3. The predicted octanol–water partition coefficient (Wildman–Crippen LogP) is 3.79. The van der Waals surface area contributed by atoms with Crippen molar-refractivity contribution in [2.24, 2.45) is 0 Å². The zero-order valence-electron chi connectivity index (χ0n) is 9.37. The summed E-state index contributed by atoms with van der Waals surface area (Å²) in [5.74, 6) is -0.345. The van der Waals surface area contributed by atoms with E-state index in [0.29, 0.717) is 17.3 Å². The molecule has 2 rings (SSSR count). The number of nitrogens with zero attached hydrogens (tertiary/aromatic N) is 1. The first-order valence-corrected chi connectivity index (χ1v) is 5.63. The molecule has 1 aromatic heterocycles. The molecule has 0 fully saturated rings. The summed E-state index contributed by atoms with van der Waals surface area (Å²) >= 11 is 5.76. The molecule has 4 heteroatoms. The smallest absolute Gasteiger partial charge is 0.126 e. The van der Waals surface area contributed by atoms with Crippen LogP contribution >= 0.6 is 11.6 Å². The Balaban J connectivity index is 2.04. The highest BCUT2D eigenvalue weighted by molar-refractivity contribution is 6.30. The van der Waals surface area contributed by atoms with Crippen LogP contribution in [0.3, 0.4) is 0 Å². The minimum Gasteiger partial charge on any atom is -0.381 e. The Bertz CT molecular complexity index is 491. The molecule has 0 unspecified atom stereocenters. The van der Waals surface area contributed by atoms with Crippen molar-refractivity contribution in [1.82, 2.24) is 4.98 Å². The molecule has 88 valence electrons. The SMILES string of the molecule is Cc1ccc(CNc2cc(F)cc(Cl)c2)cn1. The average molecular weight is 251 g/mol. The van der Waals surface area contributed by atoms with Gasteiger partial charge in [0.15, 0.2) is 0 Å². The van der Waals surface area contributed by atoms with E-state index in [1.807, 2.05) is 19.1 Å². The fourth-order valence-electron chi connectivity index (χ4n) is 1.46. The van der Waals surface area contributed by atoms with Gasteiger partial charge in [-0.25, -0.2) is 4.39 Å². The molecule has 0 radical (unpaired) electrons. The third-order valence-electron chi connectivity index (χ3n) is 2.33. The van der Waals surface area contributed by atoms with E-state index in [1.54, 1.807) is 12.3 Å². The number of benzene rings is 1. The molecule has 0 amide bonds. The highest BCUT2D eigenvalue weighted by atomic mass is 35.5. The lowest BCUT2D eigenvalue weighted by Crippen LogP contribution is -2.00. The van der Waals surface area contributed by atoms with Crippen molar-refractivity contribution in [3.05, 3.63) is 58.6 Å². The second kappa shape index (κ2) is 5.15. The number of anilines is 1. The van der Waals surface area contributed by atoms with E-state index in [0.717, 1.165) is 11.3 Å².